The van der Waals surface area contributed by atoms with E-state index in [1.807, 2.05) is 0 Å². The lowest BCUT2D eigenvalue weighted by molar-refractivity contribution is 0.0815. The van der Waals surface area contributed by atoms with E-state index in [1.54, 1.807) is 36.4 Å². The number of hydrogen-bond donors (Lipinski definition) is 0. The van der Waals surface area contributed by atoms with E-state index in [1.165, 1.54) is 19.2 Å². The van der Waals surface area contributed by atoms with Gasteiger partial charge >= 0.3 is 0 Å². The monoisotopic (exact) mass is 274 g/mol. The number of hydrogen-bond acceptors (Lipinski definition) is 3. The molecule has 0 saturated heterocycles. The highest BCUT2D eigenvalue weighted by Crippen LogP contribution is 2.20. The van der Waals surface area contributed by atoms with Gasteiger partial charge in [0.2, 0.25) is 11.6 Å². The number of para-hydroxylation sites is 1. The Labute approximate surface area is 115 Å². The van der Waals surface area contributed by atoms with Crippen molar-refractivity contribution in [2.24, 2.45) is 0 Å². The second-order valence-corrected chi connectivity index (χ2v) is 4.30. The first-order chi connectivity index (χ1) is 9.13. The molecule has 0 fully saturated rings. The van der Waals surface area contributed by atoms with Gasteiger partial charge < -0.3 is 4.74 Å². The van der Waals surface area contributed by atoms with Gasteiger partial charge in [0.15, 0.2) is 0 Å². The molecule has 0 aliphatic rings. The highest BCUT2D eigenvalue weighted by atomic mass is 35.5. The Hall–Kier alpha value is -2.13. The van der Waals surface area contributed by atoms with Crippen LogP contribution in [-0.4, -0.2) is 18.7 Å². The van der Waals surface area contributed by atoms with E-state index in [-0.39, 0.29) is 5.56 Å². The van der Waals surface area contributed by atoms with Gasteiger partial charge in [-0.2, -0.15) is 0 Å². The van der Waals surface area contributed by atoms with E-state index in [9.17, 15) is 9.59 Å². The summed E-state index contributed by atoms with van der Waals surface area (Å²) < 4.78 is 5.08. The van der Waals surface area contributed by atoms with Gasteiger partial charge in [0.05, 0.1) is 12.7 Å². The first-order valence-electron chi connectivity index (χ1n) is 5.61. The Morgan fingerprint density at radius 2 is 1.58 bits per heavy atom. The first-order valence-corrected chi connectivity index (χ1v) is 5.99. The molecule has 0 spiro atoms. The molecule has 0 bridgehead atoms. The molecule has 2 aromatic rings. The zero-order valence-corrected chi connectivity index (χ0v) is 11.0. The molecule has 19 heavy (non-hydrogen) atoms. The Bertz CT molecular complexity index is 618. The Morgan fingerprint density at radius 1 is 0.947 bits per heavy atom. The molecule has 2 rings (SSSR count). The molecule has 4 heteroatoms. The first kappa shape index (κ1) is 13.3. The van der Waals surface area contributed by atoms with Crippen molar-refractivity contribution < 1.29 is 14.3 Å². The van der Waals surface area contributed by atoms with Gasteiger partial charge in [-0.25, -0.2) is 0 Å². The molecule has 2 aromatic carbocycles. The number of ketones is 2. The zero-order chi connectivity index (χ0) is 13.8. The molecule has 0 unspecified atom stereocenters. The molecule has 96 valence electrons. The molecule has 0 radical (unpaired) electrons. The molecule has 0 N–H and O–H groups in total. The Balaban J connectivity index is 2.34. The second-order valence-electron chi connectivity index (χ2n) is 3.87. The summed E-state index contributed by atoms with van der Waals surface area (Å²) >= 11 is 5.74. The maximum absolute atomic E-state index is 12.1. The van der Waals surface area contributed by atoms with Gasteiger partial charge in [-0.1, -0.05) is 23.7 Å². The average Bonchev–Trinajstić information content (AvgIpc) is 2.46. The Morgan fingerprint density at radius 3 is 2.21 bits per heavy atom. The van der Waals surface area contributed by atoms with Gasteiger partial charge in [0.1, 0.15) is 5.75 Å². The largest absolute Gasteiger partial charge is 0.496 e. The van der Waals surface area contributed by atoms with Crippen molar-refractivity contribution in [3.05, 3.63) is 64.7 Å². The van der Waals surface area contributed by atoms with E-state index in [0.717, 1.165) is 0 Å². The third-order valence-electron chi connectivity index (χ3n) is 2.66. The maximum atomic E-state index is 12.1. The SMILES string of the molecule is COc1ccccc1C(=O)C(=O)c1ccc(Cl)cc1. The van der Waals surface area contributed by atoms with Crippen molar-refractivity contribution in [3.8, 4) is 5.75 Å². The third-order valence-corrected chi connectivity index (χ3v) is 2.92. The quantitative estimate of drug-likeness (QED) is 0.634. The normalized spacial score (nSPS) is 10.0. The summed E-state index contributed by atoms with van der Waals surface area (Å²) in [6.07, 6.45) is 0. The average molecular weight is 275 g/mol. The van der Waals surface area contributed by atoms with Gasteiger partial charge in [-0.05, 0) is 36.4 Å². The van der Waals surface area contributed by atoms with Crippen LogP contribution in [0.15, 0.2) is 48.5 Å². The minimum absolute atomic E-state index is 0.255. The van der Waals surface area contributed by atoms with Crippen LogP contribution in [0, 0.1) is 0 Å². The van der Waals surface area contributed by atoms with Crippen LogP contribution in [-0.2, 0) is 0 Å². The Kier molecular flexibility index (Phi) is 3.97. The molecular weight excluding hydrogens is 264 g/mol. The van der Waals surface area contributed by atoms with Crippen molar-refractivity contribution in [2.45, 2.75) is 0 Å². The molecule has 0 aliphatic carbocycles. The van der Waals surface area contributed by atoms with Crippen LogP contribution in [0.4, 0.5) is 0 Å². The highest BCUT2D eigenvalue weighted by molar-refractivity contribution is 6.49. The number of methoxy groups -OCH3 is 1. The fourth-order valence-electron chi connectivity index (χ4n) is 1.69. The van der Waals surface area contributed by atoms with Crippen molar-refractivity contribution in [3.63, 3.8) is 0 Å². The number of benzene rings is 2. The number of carbonyl (C=O) groups is 2. The molecule has 0 saturated carbocycles. The van der Waals surface area contributed by atoms with Crippen LogP contribution < -0.4 is 4.74 Å². The number of carbonyl (C=O) groups excluding carboxylic acids is 2. The number of rotatable bonds is 4. The molecule has 0 aliphatic heterocycles. The fourth-order valence-corrected chi connectivity index (χ4v) is 1.81. The van der Waals surface area contributed by atoms with Gasteiger partial charge in [-0.3, -0.25) is 9.59 Å². The number of ether oxygens (including phenoxy) is 1. The van der Waals surface area contributed by atoms with Crippen molar-refractivity contribution in [1.82, 2.24) is 0 Å². The molecule has 3 nitrogen and oxygen atoms in total. The summed E-state index contributed by atoms with van der Waals surface area (Å²) in [5.41, 5.74) is 0.560. The van der Waals surface area contributed by atoms with Crippen LogP contribution in [0.25, 0.3) is 0 Å². The van der Waals surface area contributed by atoms with Crippen molar-refractivity contribution in [1.29, 1.82) is 0 Å². The van der Waals surface area contributed by atoms with Crippen LogP contribution >= 0.6 is 11.6 Å². The smallest absolute Gasteiger partial charge is 0.237 e. The minimum Gasteiger partial charge on any atom is -0.496 e. The fraction of sp³-hybridized carbons (Fsp3) is 0.0667. The second kappa shape index (κ2) is 5.67. The lowest BCUT2D eigenvalue weighted by Crippen LogP contribution is -2.15. The number of halogens is 1. The lowest BCUT2D eigenvalue weighted by atomic mass is 10.0. The predicted molar refractivity (Wildman–Crippen MR) is 73.1 cm³/mol. The summed E-state index contributed by atoms with van der Waals surface area (Å²) in [7, 11) is 1.46. The number of Topliss-reactive ketones (excluding diaryl/α,β-unsaturated/α-hetero) is 2. The van der Waals surface area contributed by atoms with E-state index < -0.39 is 11.6 Å². The minimum atomic E-state index is -0.597. The maximum Gasteiger partial charge on any atom is 0.237 e. The summed E-state index contributed by atoms with van der Waals surface area (Å²) in [5, 5.41) is 0.515. The topological polar surface area (TPSA) is 43.4 Å². The predicted octanol–water partition coefficient (Wildman–Crippen LogP) is 3.41. The molecule has 0 atom stereocenters. The van der Waals surface area contributed by atoms with E-state index in [4.69, 9.17) is 16.3 Å². The van der Waals surface area contributed by atoms with Gasteiger partial charge in [-0.15, -0.1) is 0 Å². The summed E-state index contributed by atoms with van der Waals surface area (Å²) in [5.74, 6) is -0.796. The molecule has 0 aromatic heterocycles. The third kappa shape index (κ3) is 2.83. The highest BCUT2D eigenvalue weighted by Gasteiger charge is 2.21. The van der Waals surface area contributed by atoms with E-state index in [2.05, 4.69) is 0 Å². The zero-order valence-electron chi connectivity index (χ0n) is 10.2. The van der Waals surface area contributed by atoms with Gasteiger partial charge in [0.25, 0.3) is 0 Å². The molecule has 0 amide bonds. The van der Waals surface area contributed by atoms with E-state index in [0.29, 0.717) is 16.3 Å². The summed E-state index contributed by atoms with van der Waals surface area (Å²) in [6, 6.07) is 12.8. The van der Waals surface area contributed by atoms with Gasteiger partial charge in [0, 0.05) is 10.6 Å². The van der Waals surface area contributed by atoms with Crippen LogP contribution in [0.2, 0.25) is 5.02 Å². The van der Waals surface area contributed by atoms with Crippen LogP contribution in [0.3, 0.4) is 0 Å². The van der Waals surface area contributed by atoms with Crippen LogP contribution in [0.5, 0.6) is 5.75 Å². The molecular formula is C15H11ClO3. The lowest BCUT2D eigenvalue weighted by Gasteiger charge is -2.06. The standard InChI is InChI=1S/C15H11ClO3/c1-19-13-5-3-2-4-12(13)15(18)14(17)10-6-8-11(16)9-7-10/h2-9H,1H3. The van der Waals surface area contributed by atoms with E-state index >= 15 is 0 Å². The van der Waals surface area contributed by atoms with Crippen LogP contribution in [0.1, 0.15) is 20.7 Å². The molecule has 0 heterocycles. The summed E-state index contributed by atoms with van der Waals surface area (Å²) in [4.78, 5) is 24.2. The van der Waals surface area contributed by atoms with Crippen molar-refractivity contribution >= 4 is 23.2 Å². The van der Waals surface area contributed by atoms with Crippen molar-refractivity contribution in [2.75, 3.05) is 7.11 Å². The summed E-state index contributed by atoms with van der Waals surface area (Å²) in [6.45, 7) is 0.